The van der Waals surface area contributed by atoms with E-state index in [0.29, 0.717) is 25.9 Å². The molecule has 4 heteroatoms. The highest BCUT2D eigenvalue weighted by Crippen LogP contribution is 2.37. The topological polar surface area (TPSA) is 50.1 Å². The SMILES string of the molecule is N#CC1(CCOc2cccc(Br)c2)CCCC1=O. The van der Waals surface area contributed by atoms with E-state index >= 15 is 0 Å². The van der Waals surface area contributed by atoms with Gasteiger partial charge in [-0.3, -0.25) is 4.79 Å². The highest BCUT2D eigenvalue weighted by Gasteiger charge is 2.41. The number of nitrogens with zero attached hydrogens (tertiary/aromatic N) is 1. The minimum atomic E-state index is -0.800. The maximum Gasteiger partial charge on any atom is 0.153 e. The van der Waals surface area contributed by atoms with Crippen LogP contribution in [-0.2, 0) is 4.79 Å². The van der Waals surface area contributed by atoms with Gasteiger partial charge in [-0.25, -0.2) is 0 Å². The van der Waals surface area contributed by atoms with Crippen LogP contribution in [0.1, 0.15) is 25.7 Å². The van der Waals surface area contributed by atoms with Gasteiger partial charge in [0.15, 0.2) is 5.78 Å². The van der Waals surface area contributed by atoms with Crippen LogP contribution in [0.5, 0.6) is 5.75 Å². The summed E-state index contributed by atoms with van der Waals surface area (Å²) in [6.45, 7) is 0.399. The first-order valence-electron chi connectivity index (χ1n) is 5.99. The Morgan fingerprint density at radius 2 is 2.33 bits per heavy atom. The molecule has 0 saturated heterocycles. The fraction of sp³-hybridized carbons (Fsp3) is 0.429. The van der Waals surface area contributed by atoms with Crippen molar-refractivity contribution in [3.8, 4) is 11.8 Å². The summed E-state index contributed by atoms with van der Waals surface area (Å²) in [7, 11) is 0. The minimum absolute atomic E-state index is 0.0721. The molecule has 0 spiro atoms. The van der Waals surface area contributed by atoms with Crippen molar-refractivity contribution in [3.63, 3.8) is 0 Å². The van der Waals surface area contributed by atoms with E-state index in [4.69, 9.17) is 4.74 Å². The average molecular weight is 308 g/mol. The number of carbonyl (C=O) groups is 1. The predicted octanol–water partition coefficient (Wildman–Crippen LogP) is 3.48. The van der Waals surface area contributed by atoms with E-state index in [1.54, 1.807) is 0 Å². The van der Waals surface area contributed by atoms with E-state index in [1.165, 1.54) is 0 Å². The molecule has 1 atom stereocenters. The number of Topliss-reactive ketones (excluding diaryl/α,β-unsaturated/α-hetero) is 1. The van der Waals surface area contributed by atoms with E-state index in [1.807, 2.05) is 24.3 Å². The number of hydrogen-bond donors (Lipinski definition) is 0. The third-order valence-electron chi connectivity index (χ3n) is 3.35. The molecule has 0 N–H and O–H groups in total. The highest BCUT2D eigenvalue weighted by atomic mass is 79.9. The van der Waals surface area contributed by atoms with Gasteiger partial charge >= 0.3 is 0 Å². The lowest BCUT2D eigenvalue weighted by atomic mass is 9.84. The van der Waals surface area contributed by atoms with Gasteiger partial charge in [0, 0.05) is 17.3 Å². The zero-order valence-corrected chi connectivity index (χ0v) is 11.6. The zero-order chi connectivity index (χ0) is 13.0. The maximum absolute atomic E-state index is 11.7. The molecule has 1 aliphatic carbocycles. The molecular formula is C14H14BrNO2. The molecule has 0 bridgehead atoms. The van der Waals surface area contributed by atoms with Gasteiger partial charge < -0.3 is 4.74 Å². The molecule has 0 amide bonds. The molecule has 1 aliphatic rings. The molecule has 1 saturated carbocycles. The van der Waals surface area contributed by atoms with Crippen molar-refractivity contribution in [2.75, 3.05) is 6.61 Å². The Labute approximate surface area is 115 Å². The summed E-state index contributed by atoms with van der Waals surface area (Å²) in [4.78, 5) is 11.7. The van der Waals surface area contributed by atoms with Gasteiger partial charge in [0.05, 0.1) is 12.7 Å². The maximum atomic E-state index is 11.7. The Morgan fingerprint density at radius 3 is 2.94 bits per heavy atom. The fourth-order valence-electron chi connectivity index (χ4n) is 2.27. The molecule has 18 heavy (non-hydrogen) atoms. The first kappa shape index (κ1) is 13.1. The van der Waals surface area contributed by atoms with E-state index < -0.39 is 5.41 Å². The van der Waals surface area contributed by atoms with Crippen molar-refractivity contribution in [1.82, 2.24) is 0 Å². The second-order valence-electron chi connectivity index (χ2n) is 4.53. The molecule has 0 aromatic heterocycles. The summed E-state index contributed by atoms with van der Waals surface area (Å²) in [5.74, 6) is 0.825. The van der Waals surface area contributed by atoms with Crippen molar-refractivity contribution in [3.05, 3.63) is 28.7 Å². The number of ketones is 1. The second-order valence-corrected chi connectivity index (χ2v) is 5.44. The highest BCUT2D eigenvalue weighted by molar-refractivity contribution is 9.10. The first-order chi connectivity index (χ1) is 8.66. The quantitative estimate of drug-likeness (QED) is 0.855. The number of hydrogen-bond acceptors (Lipinski definition) is 3. The summed E-state index contributed by atoms with van der Waals surface area (Å²) < 4.78 is 6.54. The van der Waals surface area contributed by atoms with Crippen molar-refractivity contribution >= 4 is 21.7 Å². The molecule has 0 radical (unpaired) electrons. The van der Waals surface area contributed by atoms with E-state index in [2.05, 4.69) is 22.0 Å². The van der Waals surface area contributed by atoms with Crippen LogP contribution in [-0.4, -0.2) is 12.4 Å². The Hall–Kier alpha value is -1.34. The molecule has 3 nitrogen and oxygen atoms in total. The van der Waals surface area contributed by atoms with Crippen LogP contribution in [0.3, 0.4) is 0 Å². The lowest BCUT2D eigenvalue weighted by Gasteiger charge is -2.18. The van der Waals surface area contributed by atoms with Crippen molar-refractivity contribution < 1.29 is 9.53 Å². The van der Waals surface area contributed by atoms with Gasteiger partial charge in [0.25, 0.3) is 0 Å². The van der Waals surface area contributed by atoms with Crippen molar-refractivity contribution in [1.29, 1.82) is 5.26 Å². The molecule has 0 aliphatic heterocycles. The van der Waals surface area contributed by atoms with Crippen LogP contribution in [0, 0.1) is 16.7 Å². The molecule has 94 valence electrons. The van der Waals surface area contributed by atoms with Gasteiger partial charge in [0.1, 0.15) is 11.2 Å². The molecule has 1 fully saturated rings. The largest absolute Gasteiger partial charge is 0.493 e. The third-order valence-corrected chi connectivity index (χ3v) is 3.84. The number of rotatable bonds is 4. The summed E-state index contributed by atoms with van der Waals surface area (Å²) in [5.41, 5.74) is -0.800. The van der Waals surface area contributed by atoms with E-state index in [9.17, 15) is 10.1 Å². The fourth-order valence-corrected chi connectivity index (χ4v) is 2.65. The number of ether oxygens (including phenoxy) is 1. The van der Waals surface area contributed by atoms with Crippen LogP contribution < -0.4 is 4.74 Å². The van der Waals surface area contributed by atoms with Gasteiger partial charge in [-0.2, -0.15) is 5.26 Å². The minimum Gasteiger partial charge on any atom is -0.493 e. The third kappa shape index (κ3) is 2.73. The number of carbonyl (C=O) groups excluding carboxylic acids is 1. The van der Waals surface area contributed by atoms with Crippen LogP contribution >= 0.6 is 15.9 Å². The summed E-state index contributed by atoms with van der Waals surface area (Å²) in [6.07, 6.45) is 2.51. The average Bonchev–Trinajstić information content (AvgIpc) is 2.72. The zero-order valence-electron chi connectivity index (χ0n) is 9.99. The van der Waals surface area contributed by atoms with Crippen LogP contribution in [0.2, 0.25) is 0 Å². The van der Waals surface area contributed by atoms with Gasteiger partial charge in [-0.1, -0.05) is 22.0 Å². The molecule has 1 aromatic rings. The first-order valence-corrected chi connectivity index (χ1v) is 6.78. The Balaban J connectivity index is 1.92. The Kier molecular flexibility index (Phi) is 4.03. The Morgan fingerprint density at radius 1 is 1.50 bits per heavy atom. The van der Waals surface area contributed by atoms with Gasteiger partial charge in [-0.15, -0.1) is 0 Å². The monoisotopic (exact) mass is 307 g/mol. The summed E-state index contributed by atoms with van der Waals surface area (Å²) in [5, 5.41) is 9.19. The van der Waals surface area contributed by atoms with Crippen LogP contribution in [0.25, 0.3) is 0 Å². The van der Waals surface area contributed by atoms with Gasteiger partial charge in [0.2, 0.25) is 0 Å². The van der Waals surface area contributed by atoms with Gasteiger partial charge in [-0.05, 0) is 31.0 Å². The lowest BCUT2D eigenvalue weighted by molar-refractivity contribution is -0.123. The Bertz CT molecular complexity index is 495. The number of benzene rings is 1. The van der Waals surface area contributed by atoms with Crippen LogP contribution in [0.4, 0.5) is 0 Å². The second kappa shape index (κ2) is 5.53. The van der Waals surface area contributed by atoms with E-state index in [-0.39, 0.29) is 5.78 Å². The van der Waals surface area contributed by atoms with E-state index in [0.717, 1.165) is 16.6 Å². The molecule has 1 unspecified atom stereocenters. The van der Waals surface area contributed by atoms with Crippen LogP contribution in [0.15, 0.2) is 28.7 Å². The molecule has 1 aromatic carbocycles. The number of halogens is 1. The molecule has 0 heterocycles. The number of nitriles is 1. The molecule has 2 rings (SSSR count). The normalized spacial score (nSPS) is 22.8. The summed E-state index contributed by atoms with van der Waals surface area (Å²) in [6, 6.07) is 9.73. The predicted molar refractivity (Wildman–Crippen MR) is 71.2 cm³/mol. The lowest BCUT2D eigenvalue weighted by Crippen LogP contribution is -2.26. The van der Waals surface area contributed by atoms with Crippen molar-refractivity contribution in [2.24, 2.45) is 5.41 Å². The molecular weight excluding hydrogens is 294 g/mol. The standard InChI is InChI=1S/C14H14BrNO2/c15-11-3-1-4-12(9-11)18-8-7-14(10-16)6-2-5-13(14)17/h1,3-4,9H,2,5-8H2. The van der Waals surface area contributed by atoms with Crippen molar-refractivity contribution in [2.45, 2.75) is 25.7 Å². The summed E-state index contributed by atoms with van der Waals surface area (Å²) >= 11 is 3.37. The smallest absolute Gasteiger partial charge is 0.153 e.